The normalized spacial score (nSPS) is 15.3. The van der Waals surface area contributed by atoms with Crippen LogP contribution in [0.4, 0.5) is 4.39 Å². The number of carbonyl (C=O) groups is 2. The second kappa shape index (κ2) is 8.46. The third-order valence-corrected chi connectivity index (χ3v) is 6.87. The van der Waals surface area contributed by atoms with Crippen molar-refractivity contribution >= 4 is 68.1 Å². The van der Waals surface area contributed by atoms with E-state index in [-0.39, 0.29) is 10.1 Å². The van der Waals surface area contributed by atoms with Crippen LogP contribution in [-0.2, 0) is 16.1 Å². The van der Waals surface area contributed by atoms with Crippen molar-refractivity contribution < 1.29 is 19.1 Å². The van der Waals surface area contributed by atoms with E-state index in [1.807, 2.05) is 48.5 Å². The van der Waals surface area contributed by atoms with E-state index in [1.54, 1.807) is 12.1 Å². The minimum atomic E-state index is -1.11. The molecular formula is C25H17FN2O3S2. The van der Waals surface area contributed by atoms with Gasteiger partial charge in [-0.25, -0.2) is 4.39 Å². The third-order valence-electron chi connectivity index (χ3n) is 5.49. The molecule has 3 aromatic carbocycles. The van der Waals surface area contributed by atoms with Gasteiger partial charge < -0.3 is 9.67 Å². The number of aliphatic carboxylic acids is 1. The van der Waals surface area contributed by atoms with Crippen molar-refractivity contribution in [3.8, 4) is 0 Å². The zero-order chi connectivity index (χ0) is 23.1. The quantitative estimate of drug-likeness (QED) is 0.314. The number of carbonyl (C=O) groups excluding carboxylic acids is 1. The van der Waals surface area contributed by atoms with Gasteiger partial charge in [-0.3, -0.25) is 14.5 Å². The van der Waals surface area contributed by atoms with Crippen molar-refractivity contribution in [2.24, 2.45) is 0 Å². The monoisotopic (exact) mass is 476 g/mol. The van der Waals surface area contributed by atoms with Crippen molar-refractivity contribution in [2.75, 3.05) is 6.54 Å². The van der Waals surface area contributed by atoms with Crippen molar-refractivity contribution in [1.29, 1.82) is 0 Å². The van der Waals surface area contributed by atoms with Gasteiger partial charge in [-0.05, 0) is 47.5 Å². The van der Waals surface area contributed by atoms with Crippen molar-refractivity contribution in [3.63, 3.8) is 0 Å². The van der Waals surface area contributed by atoms with Crippen LogP contribution in [0, 0.1) is 5.82 Å². The van der Waals surface area contributed by atoms with Crippen LogP contribution in [0.2, 0.25) is 0 Å². The van der Waals surface area contributed by atoms with E-state index < -0.39 is 18.4 Å². The van der Waals surface area contributed by atoms with E-state index in [9.17, 15) is 14.0 Å². The number of aromatic nitrogens is 1. The molecule has 8 heteroatoms. The van der Waals surface area contributed by atoms with Crippen LogP contribution in [0.5, 0.6) is 0 Å². The average Bonchev–Trinajstić information content (AvgIpc) is 3.23. The van der Waals surface area contributed by atoms with E-state index in [0.29, 0.717) is 11.4 Å². The fourth-order valence-corrected chi connectivity index (χ4v) is 5.33. The lowest BCUT2D eigenvalue weighted by atomic mass is 10.1. The van der Waals surface area contributed by atoms with Gasteiger partial charge in [0.1, 0.15) is 16.7 Å². The summed E-state index contributed by atoms with van der Waals surface area (Å²) in [5, 5.41) is 11.1. The van der Waals surface area contributed by atoms with Gasteiger partial charge in [0.05, 0.1) is 4.91 Å². The molecule has 1 fully saturated rings. The highest BCUT2D eigenvalue weighted by Crippen LogP contribution is 2.35. The number of thiocarbonyl (C=S) groups is 1. The summed E-state index contributed by atoms with van der Waals surface area (Å²) < 4.78 is 16.1. The van der Waals surface area contributed by atoms with E-state index in [1.165, 1.54) is 12.1 Å². The highest BCUT2D eigenvalue weighted by molar-refractivity contribution is 8.26. The van der Waals surface area contributed by atoms with Crippen molar-refractivity contribution in [3.05, 3.63) is 88.6 Å². The summed E-state index contributed by atoms with van der Waals surface area (Å²) in [6.45, 7) is 0.0730. The standard InChI is InChI=1S/C25H17FN2O3S2/c26-17-5-3-4-16(10-17)13-27-20-7-2-1-6-18(20)19-11-15(8-9-21(19)27)12-22-24(31)28(14-23(29)30)25(32)33-22/h1-12H,13-14H2,(H,29,30)/b22-12-. The number of hydrogen-bond acceptors (Lipinski definition) is 4. The molecule has 0 unspecified atom stereocenters. The topological polar surface area (TPSA) is 62.5 Å². The number of carboxylic acid groups (broad SMARTS) is 1. The van der Waals surface area contributed by atoms with Crippen LogP contribution in [0.3, 0.4) is 0 Å². The number of nitrogens with zero attached hydrogens (tertiary/aromatic N) is 2. The fourth-order valence-electron chi connectivity index (χ4n) is 4.07. The van der Waals surface area contributed by atoms with Crippen LogP contribution in [0.1, 0.15) is 11.1 Å². The van der Waals surface area contributed by atoms with Gasteiger partial charge in [-0.15, -0.1) is 0 Å². The first-order chi connectivity index (χ1) is 15.9. The predicted molar refractivity (Wildman–Crippen MR) is 132 cm³/mol. The summed E-state index contributed by atoms with van der Waals surface area (Å²) in [6, 6.07) is 20.5. The van der Waals surface area contributed by atoms with Gasteiger partial charge in [-0.2, -0.15) is 0 Å². The lowest BCUT2D eigenvalue weighted by Gasteiger charge is -2.10. The Kier molecular flexibility index (Phi) is 5.47. The molecule has 0 bridgehead atoms. The minimum absolute atomic E-state index is 0.237. The maximum Gasteiger partial charge on any atom is 0.323 e. The van der Waals surface area contributed by atoms with Crippen LogP contribution >= 0.6 is 24.0 Å². The van der Waals surface area contributed by atoms with E-state index >= 15 is 0 Å². The summed E-state index contributed by atoms with van der Waals surface area (Å²) in [6.07, 6.45) is 1.74. The Hall–Kier alpha value is -3.49. The maximum atomic E-state index is 13.7. The average molecular weight is 477 g/mol. The maximum absolute atomic E-state index is 13.7. The Labute approximate surface area is 198 Å². The molecule has 164 valence electrons. The smallest absolute Gasteiger partial charge is 0.323 e. The molecule has 0 spiro atoms. The first-order valence-corrected chi connectivity index (χ1v) is 11.4. The molecule has 1 saturated heterocycles. The summed E-state index contributed by atoms with van der Waals surface area (Å²) in [7, 11) is 0. The van der Waals surface area contributed by atoms with Gasteiger partial charge >= 0.3 is 5.97 Å². The molecule has 0 saturated carbocycles. The largest absolute Gasteiger partial charge is 0.480 e. The molecule has 1 aromatic heterocycles. The summed E-state index contributed by atoms with van der Waals surface area (Å²) in [5.41, 5.74) is 3.70. The van der Waals surface area contributed by atoms with E-state index in [0.717, 1.165) is 49.6 Å². The Balaban J connectivity index is 1.57. The van der Waals surface area contributed by atoms with Crippen LogP contribution in [-0.4, -0.2) is 37.3 Å². The van der Waals surface area contributed by atoms with Crippen LogP contribution in [0.25, 0.3) is 27.9 Å². The van der Waals surface area contributed by atoms with Crippen LogP contribution in [0.15, 0.2) is 71.6 Å². The highest BCUT2D eigenvalue weighted by atomic mass is 32.2. The lowest BCUT2D eigenvalue weighted by Crippen LogP contribution is -2.33. The zero-order valence-corrected chi connectivity index (χ0v) is 18.8. The van der Waals surface area contributed by atoms with E-state index in [4.69, 9.17) is 17.3 Å². The number of halogens is 1. The second-order valence-corrected chi connectivity index (χ2v) is 9.35. The van der Waals surface area contributed by atoms with Gasteiger partial charge in [0.25, 0.3) is 5.91 Å². The molecule has 2 heterocycles. The van der Waals surface area contributed by atoms with Gasteiger partial charge in [-0.1, -0.05) is 60.4 Å². The zero-order valence-electron chi connectivity index (χ0n) is 17.2. The Morgan fingerprint density at radius 3 is 2.61 bits per heavy atom. The molecule has 0 aliphatic carbocycles. The molecule has 0 atom stereocenters. The molecule has 5 nitrogen and oxygen atoms in total. The number of para-hydroxylation sites is 1. The summed E-state index contributed by atoms with van der Waals surface area (Å²) in [5.74, 6) is -1.78. The number of carboxylic acids is 1. The molecule has 1 aliphatic rings. The molecule has 4 aromatic rings. The molecule has 33 heavy (non-hydrogen) atoms. The molecular weight excluding hydrogens is 459 g/mol. The van der Waals surface area contributed by atoms with E-state index in [2.05, 4.69) is 4.57 Å². The number of benzene rings is 3. The van der Waals surface area contributed by atoms with Gasteiger partial charge in [0, 0.05) is 28.4 Å². The number of fused-ring (bicyclic) bond motifs is 3. The molecule has 5 rings (SSSR count). The first kappa shape index (κ1) is 21.4. The Bertz CT molecular complexity index is 1490. The highest BCUT2D eigenvalue weighted by Gasteiger charge is 2.33. The summed E-state index contributed by atoms with van der Waals surface area (Å²) in [4.78, 5) is 25.1. The molecule has 1 amide bonds. The molecule has 1 N–H and O–H groups in total. The molecule has 1 aliphatic heterocycles. The van der Waals surface area contributed by atoms with Gasteiger partial charge in [0.2, 0.25) is 0 Å². The Morgan fingerprint density at radius 1 is 1.03 bits per heavy atom. The van der Waals surface area contributed by atoms with Crippen LogP contribution < -0.4 is 0 Å². The van der Waals surface area contributed by atoms with Gasteiger partial charge in [0.15, 0.2) is 0 Å². The summed E-state index contributed by atoms with van der Waals surface area (Å²) >= 11 is 6.28. The molecule has 0 radical (unpaired) electrons. The number of hydrogen-bond donors (Lipinski definition) is 1. The fraction of sp³-hybridized carbons (Fsp3) is 0.0800. The third kappa shape index (κ3) is 4.03. The number of amides is 1. The second-order valence-electron chi connectivity index (χ2n) is 7.67. The predicted octanol–water partition coefficient (Wildman–Crippen LogP) is 5.27. The first-order valence-electron chi connectivity index (χ1n) is 10.1. The SMILES string of the molecule is O=C(O)CN1C(=O)/C(=C/c2ccc3c(c2)c2ccccc2n3Cc2cccc(F)c2)SC1=S. The van der Waals surface area contributed by atoms with Crippen molar-refractivity contribution in [2.45, 2.75) is 6.54 Å². The van der Waals surface area contributed by atoms with Crippen molar-refractivity contribution in [1.82, 2.24) is 9.47 Å². The number of thioether (sulfide) groups is 1. The Morgan fingerprint density at radius 2 is 1.82 bits per heavy atom. The lowest BCUT2D eigenvalue weighted by molar-refractivity contribution is -0.140. The number of rotatable bonds is 5. The minimum Gasteiger partial charge on any atom is -0.480 e.